The van der Waals surface area contributed by atoms with Crippen LogP contribution in [0.15, 0.2) is 29.8 Å². The van der Waals surface area contributed by atoms with Crippen LogP contribution in [0.1, 0.15) is 70.4 Å². The third-order valence-electron chi connectivity index (χ3n) is 5.79. The number of hydrogen-bond donors (Lipinski definition) is 0. The van der Waals surface area contributed by atoms with E-state index in [9.17, 15) is 0 Å². The van der Waals surface area contributed by atoms with E-state index < -0.39 is 0 Å². The van der Waals surface area contributed by atoms with Crippen LogP contribution in [0.4, 0.5) is 0 Å². The van der Waals surface area contributed by atoms with E-state index in [-0.39, 0.29) is 0 Å². The molecule has 0 amide bonds. The second-order valence-corrected chi connectivity index (χ2v) is 8.28. The van der Waals surface area contributed by atoms with Gasteiger partial charge in [-0.15, -0.1) is 0 Å². The number of benzene rings is 1. The molecule has 1 heterocycles. The number of hydrogen-bond acceptors (Lipinski definition) is 1. The predicted octanol–water partition coefficient (Wildman–Crippen LogP) is 5.73. The standard InChI is InChI=1S/C22H33N/c1-16-5-6-17(2)14-23(13-16)15-18(3)19(4)20-7-9-21(10-8-20)22-11-12-22/h7-10,16-17,22H,5-6,11-15H2,1-4H3/b19-18-. The molecule has 2 fully saturated rings. The Labute approximate surface area is 142 Å². The Hall–Kier alpha value is -1.08. The van der Waals surface area contributed by atoms with Gasteiger partial charge in [0.1, 0.15) is 0 Å². The van der Waals surface area contributed by atoms with E-state index in [2.05, 4.69) is 56.9 Å². The molecule has 0 radical (unpaired) electrons. The van der Waals surface area contributed by atoms with Crippen LogP contribution in [0.2, 0.25) is 0 Å². The minimum Gasteiger partial charge on any atom is -0.299 e. The van der Waals surface area contributed by atoms with Crippen molar-refractivity contribution in [3.05, 3.63) is 41.0 Å². The van der Waals surface area contributed by atoms with Crippen LogP contribution < -0.4 is 0 Å². The Bertz CT molecular complexity index is 538. The molecule has 1 heteroatoms. The summed E-state index contributed by atoms with van der Waals surface area (Å²) in [6.07, 6.45) is 5.56. The quantitative estimate of drug-likeness (QED) is 0.687. The van der Waals surface area contributed by atoms with Crippen molar-refractivity contribution in [2.45, 2.75) is 59.3 Å². The maximum atomic E-state index is 2.68. The molecule has 1 aromatic carbocycles. The van der Waals surface area contributed by atoms with Gasteiger partial charge in [0.2, 0.25) is 0 Å². The lowest BCUT2D eigenvalue weighted by atomic mass is 9.99. The molecule has 1 aromatic rings. The fourth-order valence-corrected chi connectivity index (χ4v) is 3.96. The molecule has 1 aliphatic heterocycles. The molecule has 2 aliphatic rings. The van der Waals surface area contributed by atoms with Gasteiger partial charge in [0.25, 0.3) is 0 Å². The SMILES string of the molecule is C/C(CN1CC(C)CCC(C)C1)=C(\C)c1ccc(C2CC2)cc1. The summed E-state index contributed by atoms with van der Waals surface area (Å²) in [7, 11) is 0. The second kappa shape index (κ2) is 7.21. The first-order chi connectivity index (χ1) is 11.0. The number of allylic oxidation sites excluding steroid dienone is 1. The first-order valence-electron chi connectivity index (χ1n) is 9.52. The maximum Gasteiger partial charge on any atom is 0.0196 e. The molecular formula is C22H33N. The molecule has 23 heavy (non-hydrogen) atoms. The van der Waals surface area contributed by atoms with Gasteiger partial charge in [-0.3, -0.25) is 4.90 Å². The summed E-state index contributed by atoms with van der Waals surface area (Å²) in [6.45, 7) is 13.1. The van der Waals surface area contributed by atoms with Crippen LogP contribution in [0.3, 0.4) is 0 Å². The van der Waals surface area contributed by atoms with Crippen LogP contribution in [-0.2, 0) is 0 Å². The predicted molar refractivity (Wildman–Crippen MR) is 101 cm³/mol. The van der Waals surface area contributed by atoms with Crippen molar-refractivity contribution in [1.29, 1.82) is 0 Å². The Morgan fingerprint density at radius 1 is 0.913 bits per heavy atom. The lowest BCUT2D eigenvalue weighted by Crippen LogP contribution is -2.31. The van der Waals surface area contributed by atoms with Gasteiger partial charge in [0.05, 0.1) is 0 Å². The van der Waals surface area contributed by atoms with Gasteiger partial charge in [-0.1, -0.05) is 43.7 Å². The van der Waals surface area contributed by atoms with Crippen LogP contribution >= 0.6 is 0 Å². The topological polar surface area (TPSA) is 3.24 Å². The van der Waals surface area contributed by atoms with Crippen molar-refractivity contribution in [2.75, 3.05) is 19.6 Å². The molecule has 2 atom stereocenters. The summed E-state index contributed by atoms with van der Waals surface area (Å²) in [5.41, 5.74) is 5.94. The van der Waals surface area contributed by atoms with Gasteiger partial charge in [-0.25, -0.2) is 0 Å². The highest BCUT2D eigenvalue weighted by Gasteiger charge is 2.23. The molecule has 1 saturated heterocycles. The van der Waals surface area contributed by atoms with Gasteiger partial charge in [0.15, 0.2) is 0 Å². The van der Waals surface area contributed by atoms with E-state index >= 15 is 0 Å². The smallest absolute Gasteiger partial charge is 0.0196 e. The van der Waals surface area contributed by atoms with Crippen molar-refractivity contribution in [3.8, 4) is 0 Å². The Kier molecular flexibility index (Phi) is 5.26. The largest absolute Gasteiger partial charge is 0.299 e. The zero-order chi connectivity index (χ0) is 16.4. The molecule has 3 rings (SSSR count). The number of rotatable bonds is 4. The van der Waals surface area contributed by atoms with Gasteiger partial charge in [-0.05, 0) is 74.0 Å². The molecular weight excluding hydrogens is 278 g/mol. The molecule has 126 valence electrons. The molecule has 1 saturated carbocycles. The monoisotopic (exact) mass is 311 g/mol. The van der Waals surface area contributed by atoms with Crippen molar-refractivity contribution in [3.63, 3.8) is 0 Å². The maximum absolute atomic E-state index is 2.68. The van der Waals surface area contributed by atoms with Crippen LogP contribution in [0, 0.1) is 11.8 Å². The zero-order valence-corrected chi connectivity index (χ0v) is 15.4. The molecule has 0 aromatic heterocycles. The van der Waals surface area contributed by atoms with Crippen LogP contribution in [0.5, 0.6) is 0 Å². The fourth-order valence-electron chi connectivity index (χ4n) is 3.96. The van der Waals surface area contributed by atoms with E-state index in [1.807, 2.05) is 0 Å². The molecule has 0 N–H and O–H groups in total. The summed E-state index contributed by atoms with van der Waals surface area (Å²) in [5, 5.41) is 0. The van der Waals surface area contributed by atoms with Crippen molar-refractivity contribution in [2.24, 2.45) is 11.8 Å². The van der Waals surface area contributed by atoms with Gasteiger partial charge in [-0.2, -0.15) is 0 Å². The third kappa shape index (κ3) is 4.47. The van der Waals surface area contributed by atoms with Crippen molar-refractivity contribution < 1.29 is 0 Å². The molecule has 0 spiro atoms. The highest BCUT2D eigenvalue weighted by atomic mass is 15.1. The Morgan fingerprint density at radius 3 is 2.00 bits per heavy atom. The zero-order valence-electron chi connectivity index (χ0n) is 15.4. The summed E-state index contributed by atoms with van der Waals surface area (Å²) < 4.78 is 0. The van der Waals surface area contributed by atoms with Gasteiger partial charge >= 0.3 is 0 Å². The summed E-state index contributed by atoms with van der Waals surface area (Å²) in [4.78, 5) is 2.68. The van der Waals surface area contributed by atoms with E-state index in [1.165, 1.54) is 61.0 Å². The minimum absolute atomic E-state index is 0.839. The number of likely N-dealkylation sites (tertiary alicyclic amines) is 1. The highest BCUT2D eigenvalue weighted by molar-refractivity contribution is 5.67. The molecule has 1 nitrogen and oxygen atoms in total. The van der Waals surface area contributed by atoms with E-state index in [0.717, 1.165) is 24.3 Å². The molecule has 2 unspecified atom stereocenters. The van der Waals surface area contributed by atoms with Crippen LogP contribution in [0.25, 0.3) is 5.57 Å². The first kappa shape index (κ1) is 16.8. The van der Waals surface area contributed by atoms with Gasteiger partial charge < -0.3 is 0 Å². The van der Waals surface area contributed by atoms with E-state index in [0.29, 0.717) is 0 Å². The summed E-state index contributed by atoms with van der Waals surface area (Å²) >= 11 is 0. The summed E-state index contributed by atoms with van der Waals surface area (Å²) in [5.74, 6) is 2.53. The van der Waals surface area contributed by atoms with Gasteiger partial charge in [0, 0.05) is 19.6 Å². The number of nitrogens with zero attached hydrogens (tertiary/aromatic N) is 1. The molecule has 0 bridgehead atoms. The normalized spacial score (nSPS) is 27.5. The second-order valence-electron chi connectivity index (χ2n) is 8.28. The Morgan fingerprint density at radius 2 is 1.48 bits per heavy atom. The summed E-state index contributed by atoms with van der Waals surface area (Å²) in [6, 6.07) is 9.36. The lowest BCUT2D eigenvalue weighted by molar-refractivity contribution is 0.256. The fraction of sp³-hybridized carbons (Fsp3) is 0.636. The minimum atomic E-state index is 0.839. The first-order valence-corrected chi connectivity index (χ1v) is 9.52. The van der Waals surface area contributed by atoms with Crippen molar-refractivity contribution >= 4 is 5.57 Å². The Balaban J connectivity index is 1.68. The molecule has 1 aliphatic carbocycles. The lowest BCUT2D eigenvalue weighted by Gasteiger charge is -2.25. The third-order valence-corrected chi connectivity index (χ3v) is 5.79. The van der Waals surface area contributed by atoms with Crippen LogP contribution in [-0.4, -0.2) is 24.5 Å². The average Bonchev–Trinajstić information content (AvgIpc) is 3.37. The van der Waals surface area contributed by atoms with E-state index in [1.54, 1.807) is 0 Å². The average molecular weight is 312 g/mol. The highest BCUT2D eigenvalue weighted by Crippen LogP contribution is 2.40. The van der Waals surface area contributed by atoms with E-state index in [4.69, 9.17) is 0 Å². The van der Waals surface area contributed by atoms with Crippen molar-refractivity contribution in [1.82, 2.24) is 4.90 Å².